The average molecular weight is 293 g/mol. The van der Waals surface area contributed by atoms with Crippen molar-refractivity contribution in [1.29, 1.82) is 0 Å². The van der Waals surface area contributed by atoms with Gasteiger partial charge in [-0.2, -0.15) is 5.10 Å². The largest absolute Gasteiger partial charge is 0.493 e. The van der Waals surface area contributed by atoms with Crippen LogP contribution in [0, 0.1) is 5.82 Å². The maximum Gasteiger partial charge on any atom is 0.236 e. The number of ether oxygens (including phenoxy) is 1. The van der Waals surface area contributed by atoms with Crippen LogP contribution in [0.4, 0.5) is 4.39 Å². The molecule has 5 nitrogen and oxygen atoms in total. The Balaban J connectivity index is 1.83. The SMILES string of the molecule is O=C1CSC(=NN=Cc2cc(F)cc3c2OCCC3)N1. The molecule has 20 heavy (non-hydrogen) atoms. The van der Waals surface area contributed by atoms with Crippen LogP contribution in [-0.2, 0) is 11.2 Å². The zero-order valence-corrected chi connectivity index (χ0v) is 11.4. The molecule has 1 N–H and O–H groups in total. The molecule has 2 heterocycles. The number of benzene rings is 1. The van der Waals surface area contributed by atoms with Gasteiger partial charge >= 0.3 is 0 Å². The Morgan fingerprint density at radius 2 is 2.35 bits per heavy atom. The lowest BCUT2D eigenvalue weighted by Gasteiger charge is -2.18. The Morgan fingerprint density at radius 1 is 1.45 bits per heavy atom. The third-order valence-corrected chi connectivity index (χ3v) is 3.79. The fourth-order valence-corrected chi connectivity index (χ4v) is 2.72. The van der Waals surface area contributed by atoms with Crippen LogP contribution >= 0.6 is 11.8 Å². The van der Waals surface area contributed by atoms with Gasteiger partial charge < -0.3 is 10.1 Å². The van der Waals surface area contributed by atoms with Crippen molar-refractivity contribution in [2.45, 2.75) is 12.8 Å². The first-order valence-electron chi connectivity index (χ1n) is 6.21. The highest BCUT2D eigenvalue weighted by Crippen LogP contribution is 2.29. The van der Waals surface area contributed by atoms with Crippen molar-refractivity contribution in [1.82, 2.24) is 5.32 Å². The number of carbonyl (C=O) groups excluding carboxylic acids is 1. The number of amides is 1. The molecule has 0 atom stereocenters. The van der Waals surface area contributed by atoms with E-state index < -0.39 is 0 Å². The summed E-state index contributed by atoms with van der Waals surface area (Å²) in [5, 5.41) is 10.8. The second-order valence-electron chi connectivity index (χ2n) is 4.42. The van der Waals surface area contributed by atoms with Gasteiger partial charge in [0.25, 0.3) is 0 Å². The summed E-state index contributed by atoms with van der Waals surface area (Å²) in [4.78, 5) is 11.0. The topological polar surface area (TPSA) is 63.0 Å². The van der Waals surface area contributed by atoms with Crippen molar-refractivity contribution >= 4 is 29.1 Å². The third-order valence-electron chi connectivity index (χ3n) is 2.93. The van der Waals surface area contributed by atoms with Crippen LogP contribution in [0.5, 0.6) is 5.75 Å². The molecule has 1 aromatic carbocycles. The highest BCUT2D eigenvalue weighted by molar-refractivity contribution is 8.15. The second-order valence-corrected chi connectivity index (χ2v) is 5.39. The summed E-state index contributed by atoms with van der Waals surface area (Å²) in [5.41, 5.74) is 1.42. The maximum absolute atomic E-state index is 13.5. The molecule has 0 unspecified atom stereocenters. The molecule has 1 aromatic rings. The third kappa shape index (κ3) is 2.82. The van der Waals surface area contributed by atoms with Crippen molar-refractivity contribution in [2.75, 3.05) is 12.4 Å². The molecule has 7 heteroatoms. The number of amidine groups is 1. The summed E-state index contributed by atoms with van der Waals surface area (Å²) < 4.78 is 19.1. The van der Waals surface area contributed by atoms with E-state index in [2.05, 4.69) is 15.5 Å². The molecular weight excluding hydrogens is 281 g/mol. The van der Waals surface area contributed by atoms with Gasteiger partial charge in [-0.3, -0.25) is 4.79 Å². The molecule has 0 aromatic heterocycles. The molecule has 2 aliphatic heterocycles. The highest BCUT2D eigenvalue weighted by Gasteiger charge is 2.17. The number of thioether (sulfide) groups is 1. The molecule has 1 amide bonds. The van der Waals surface area contributed by atoms with E-state index in [-0.39, 0.29) is 11.7 Å². The van der Waals surface area contributed by atoms with Crippen LogP contribution in [0.15, 0.2) is 22.3 Å². The van der Waals surface area contributed by atoms with Gasteiger partial charge in [0.1, 0.15) is 11.6 Å². The van der Waals surface area contributed by atoms with Gasteiger partial charge in [-0.25, -0.2) is 4.39 Å². The van der Waals surface area contributed by atoms with Crippen molar-refractivity contribution < 1.29 is 13.9 Å². The monoisotopic (exact) mass is 293 g/mol. The number of rotatable bonds is 2. The standard InChI is InChI=1S/C13H12FN3O2S/c14-10-4-8-2-1-3-19-12(8)9(5-10)6-15-17-13-16-11(18)7-20-13/h4-6H,1-3,7H2,(H,16,17,18). The van der Waals surface area contributed by atoms with E-state index in [0.717, 1.165) is 18.4 Å². The lowest BCUT2D eigenvalue weighted by atomic mass is 10.0. The molecule has 3 rings (SSSR count). The Labute approximate surface area is 119 Å². The minimum absolute atomic E-state index is 0.0876. The first-order valence-corrected chi connectivity index (χ1v) is 7.20. The van der Waals surface area contributed by atoms with Crippen molar-refractivity contribution in [3.05, 3.63) is 29.1 Å². The predicted molar refractivity (Wildman–Crippen MR) is 75.8 cm³/mol. The van der Waals surface area contributed by atoms with Gasteiger partial charge in [-0.15, -0.1) is 5.10 Å². The first-order chi connectivity index (χ1) is 9.72. The summed E-state index contributed by atoms with van der Waals surface area (Å²) in [6.07, 6.45) is 3.14. The Morgan fingerprint density at radius 3 is 3.15 bits per heavy atom. The molecule has 0 spiro atoms. The van der Waals surface area contributed by atoms with Crippen molar-refractivity contribution in [3.63, 3.8) is 0 Å². The summed E-state index contributed by atoms with van der Waals surface area (Å²) in [7, 11) is 0. The van der Waals surface area contributed by atoms with Crippen LogP contribution in [0.1, 0.15) is 17.5 Å². The number of halogens is 1. The number of carbonyl (C=O) groups is 1. The predicted octanol–water partition coefficient (Wildman–Crippen LogP) is 1.70. The number of hydrogen-bond acceptors (Lipinski definition) is 5. The van der Waals surface area contributed by atoms with E-state index in [1.54, 1.807) is 0 Å². The van der Waals surface area contributed by atoms with Crippen LogP contribution < -0.4 is 10.1 Å². The highest BCUT2D eigenvalue weighted by atomic mass is 32.2. The maximum atomic E-state index is 13.5. The van der Waals surface area contributed by atoms with Gasteiger partial charge in [-0.1, -0.05) is 11.8 Å². The summed E-state index contributed by atoms with van der Waals surface area (Å²) in [6.45, 7) is 0.625. The van der Waals surface area contributed by atoms with Crippen molar-refractivity contribution in [2.24, 2.45) is 10.2 Å². The number of hydrogen-bond donors (Lipinski definition) is 1. The van der Waals surface area contributed by atoms with Crippen molar-refractivity contribution in [3.8, 4) is 5.75 Å². The van der Waals surface area contributed by atoms with Gasteiger partial charge in [0, 0.05) is 5.56 Å². The number of nitrogens with one attached hydrogen (secondary N) is 1. The summed E-state index contributed by atoms with van der Waals surface area (Å²) in [6, 6.07) is 2.86. The van der Waals surface area contributed by atoms with E-state index in [1.165, 1.54) is 30.1 Å². The number of aryl methyl sites for hydroxylation is 1. The van der Waals surface area contributed by atoms with E-state index in [0.29, 0.717) is 28.8 Å². The second kappa shape index (κ2) is 5.62. The number of fused-ring (bicyclic) bond motifs is 1. The van der Waals surface area contributed by atoms with E-state index >= 15 is 0 Å². The smallest absolute Gasteiger partial charge is 0.236 e. The van der Waals surface area contributed by atoms with Gasteiger partial charge in [0.05, 0.1) is 18.6 Å². The summed E-state index contributed by atoms with van der Waals surface area (Å²) >= 11 is 1.29. The Kier molecular flexibility index (Phi) is 3.68. The fourth-order valence-electron chi connectivity index (χ4n) is 2.09. The van der Waals surface area contributed by atoms with Crippen LogP contribution in [0.25, 0.3) is 0 Å². The molecular formula is C13H12FN3O2S. The van der Waals surface area contributed by atoms with E-state index in [9.17, 15) is 9.18 Å². The quantitative estimate of drug-likeness (QED) is 0.667. The van der Waals surface area contributed by atoms with Crippen LogP contribution in [0.3, 0.4) is 0 Å². The zero-order chi connectivity index (χ0) is 13.9. The van der Waals surface area contributed by atoms with Gasteiger partial charge in [0.15, 0.2) is 5.17 Å². The van der Waals surface area contributed by atoms with Crippen LogP contribution in [-0.4, -0.2) is 29.6 Å². The fraction of sp³-hybridized carbons (Fsp3) is 0.308. The van der Waals surface area contributed by atoms with Gasteiger partial charge in [0.2, 0.25) is 5.91 Å². The molecule has 0 saturated carbocycles. The van der Waals surface area contributed by atoms with Crippen LogP contribution in [0.2, 0.25) is 0 Å². The van der Waals surface area contributed by atoms with Gasteiger partial charge in [-0.05, 0) is 30.5 Å². The summed E-state index contributed by atoms with van der Waals surface area (Å²) in [5.74, 6) is 0.624. The molecule has 0 radical (unpaired) electrons. The minimum atomic E-state index is -0.313. The zero-order valence-electron chi connectivity index (χ0n) is 10.6. The minimum Gasteiger partial charge on any atom is -0.493 e. The lowest BCUT2D eigenvalue weighted by Crippen LogP contribution is -2.19. The molecule has 2 aliphatic rings. The normalized spacial score (nSPS) is 20.1. The molecule has 1 saturated heterocycles. The first kappa shape index (κ1) is 13.1. The Hall–Kier alpha value is -1.89. The van der Waals surface area contributed by atoms with E-state index in [4.69, 9.17) is 4.74 Å². The average Bonchev–Trinajstić information content (AvgIpc) is 2.84. The number of nitrogens with zero attached hydrogens (tertiary/aromatic N) is 2. The Bertz CT molecular complexity index is 616. The van der Waals surface area contributed by atoms with E-state index in [1.807, 2.05) is 0 Å². The molecule has 104 valence electrons. The lowest BCUT2D eigenvalue weighted by molar-refractivity contribution is -0.116. The molecule has 0 bridgehead atoms. The molecule has 0 aliphatic carbocycles. The molecule has 1 fully saturated rings.